The van der Waals surface area contributed by atoms with Gasteiger partial charge in [-0.3, -0.25) is 9.69 Å². The van der Waals surface area contributed by atoms with Crippen LogP contribution in [0.25, 0.3) is 11.4 Å². The molecule has 0 saturated carbocycles. The van der Waals surface area contributed by atoms with Crippen LogP contribution in [0.15, 0.2) is 47.0 Å². The van der Waals surface area contributed by atoms with Crippen molar-refractivity contribution < 1.29 is 22.5 Å². The topological polar surface area (TPSA) is 62.5 Å². The number of alkyl halides is 3. The minimum absolute atomic E-state index is 0.0214. The highest BCUT2D eigenvalue weighted by Crippen LogP contribution is 2.32. The van der Waals surface area contributed by atoms with E-state index in [2.05, 4.69) is 15.0 Å². The van der Waals surface area contributed by atoms with Crippen molar-refractivity contribution in [3.8, 4) is 11.4 Å². The minimum atomic E-state index is -4.44. The van der Waals surface area contributed by atoms with Gasteiger partial charge in [0.2, 0.25) is 11.7 Å². The summed E-state index contributed by atoms with van der Waals surface area (Å²) in [6.07, 6.45) is -4.44. The van der Waals surface area contributed by atoms with Gasteiger partial charge in [-0.1, -0.05) is 29.4 Å². The molecule has 1 unspecified atom stereocenters. The van der Waals surface area contributed by atoms with Gasteiger partial charge in [0.1, 0.15) is 0 Å². The minimum Gasteiger partial charge on any atom is -0.337 e. The highest BCUT2D eigenvalue weighted by atomic mass is 19.4. The summed E-state index contributed by atoms with van der Waals surface area (Å²) in [7, 11) is 0. The molecule has 1 saturated heterocycles. The van der Waals surface area contributed by atoms with Crippen molar-refractivity contribution in [3.05, 3.63) is 70.6 Å². The molecule has 1 fully saturated rings. The normalized spacial score (nSPS) is 16.1. The summed E-state index contributed by atoms with van der Waals surface area (Å²) in [5.41, 5.74) is 2.28. The number of carbonyl (C=O) groups excluding carboxylic acids is 1. The van der Waals surface area contributed by atoms with Crippen molar-refractivity contribution in [2.75, 3.05) is 26.2 Å². The third-order valence-electron chi connectivity index (χ3n) is 6.23. The summed E-state index contributed by atoms with van der Waals surface area (Å²) >= 11 is 0. The number of aromatic nitrogens is 2. The molecular weight excluding hydrogens is 433 g/mol. The Kier molecular flexibility index (Phi) is 6.25. The number of halogens is 3. The van der Waals surface area contributed by atoms with E-state index in [1.54, 1.807) is 0 Å². The lowest BCUT2D eigenvalue weighted by Gasteiger charge is -2.37. The number of piperazine rings is 1. The van der Waals surface area contributed by atoms with E-state index < -0.39 is 11.7 Å². The third-order valence-corrected chi connectivity index (χ3v) is 6.23. The fourth-order valence-electron chi connectivity index (χ4n) is 3.98. The number of hydrogen-bond donors (Lipinski definition) is 0. The maximum Gasteiger partial charge on any atom is 0.416 e. The number of rotatable bonds is 4. The van der Waals surface area contributed by atoms with Gasteiger partial charge in [0, 0.05) is 37.3 Å². The quantitative estimate of drug-likeness (QED) is 0.557. The van der Waals surface area contributed by atoms with Gasteiger partial charge in [0.05, 0.1) is 11.6 Å². The second kappa shape index (κ2) is 8.97. The van der Waals surface area contributed by atoms with E-state index in [4.69, 9.17) is 4.52 Å². The summed E-state index contributed by atoms with van der Waals surface area (Å²) in [4.78, 5) is 21.3. The zero-order chi connectivity index (χ0) is 23.8. The van der Waals surface area contributed by atoms with Crippen LogP contribution in [0, 0.1) is 13.8 Å². The first-order valence-electron chi connectivity index (χ1n) is 10.8. The number of carbonyl (C=O) groups is 1. The second-order valence-corrected chi connectivity index (χ2v) is 8.29. The molecule has 4 rings (SSSR count). The van der Waals surface area contributed by atoms with Gasteiger partial charge in [0.15, 0.2) is 0 Å². The number of hydrogen-bond acceptors (Lipinski definition) is 5. The Morgan fingerprint density at radius 1 is 1.06 bits per heavy atom. The molecule has 0 radical (unpaired) electrons. The maximum atomic E-state index is 13.0. The average Bonchev–Trinajstić information content (AvgIpc) is 3.30. The molecule has 1 atom stereocenters. The van der Waals surface area contributed by atoms with Crippen molar-refractivity contribution in [2.24, 2.45) is 0 Å². The predicted octanol–water partition coefficient (Wildman–Crippen LogP) is 4.89. The Balaban J connectivity index is 1.42. The monoisotopic (exact) mass is 458 g/mol. The van der Waals surface area contributed by atoms with Gasteiger partial charge >= 0.3 is 6.18 Å². The number of benzene rings is 2. The van der Waals surface area contributed by atoms with Crippen LogP contribution in [-0.4, -0.2) is 52.0 Å². The number of amides is 1. The molecule has 174 valence electrons. The molecule has 33 heavy (non-hydrogen) atoms. The van der Waals surface area contributed by atoms with Crippen LogP contribution in [0.3, 0.4) is 0 Å². The summed E-state index contributed by atoms with van der Waals surface area (Å²) in [6.45, 7) is 8.22. The van der Waals surface area contributed by atoms with Crippen LogP contribution in [0.1, 0.15) is 45.9 Å². The van der Waals surface area contributed by atoms with Crippen molar-refractivity contribution in [1.29, 1.82) is 0 Å². The smallest absolute Gasteiger partial charge is 0.337 e. The van der Waals surface area contributed by atoms with Crippen molar-refractivity contribution in [1.82, 2.24) is 19.9 Å². The van der Waals surface area contributed by atoms with E-state index in [-0.39, 0.29) is 23.3 Å². The van der Waals surface area contributed by atoms with E-state index in [0.717, 1.165) is 28.8 Å². The SMILES string of the molecule is Cc1cccc(C(=O)N2CCN(C(C)c3nc(-c4cccc(C(F)(F)F)c4)no3)CC2)c1C. The molecule has 0 bridgehead atoms. The average molecular weight is 458 g/mol. The largest absolute Gasteiger partial charge is 0.416 e. The molecule has 9 heteroatoms. The van der Waals surface area contributed by atoms with E-state index in [1.807, 2.05) is 43.9 Å². The van der Waals surface area contributed by atoms with Crippen LogP contribution in [0.4, 0.5) is 13.2 Å². The first kappa shape index (κ1) is 23.0. The van der Waals surface area contributed by atoms with Gasteiger partial charge in [-0.15, -0.1) is 0 Å². The van der Waals surface area contributed by atoms with Crippen LogP contribution >= 0.6 is 0 Å². The van der Waals surface area contributed by atoms with Crippen LogP contribution in [-0.2, 0) is 6.18 Å². The lowest BCUT2D eigenvalue weighted by Crippen LogP contribution is -2.49. The molecule has 0 spiro atoms. The summed E-state index contributed by atoms with van der Waals surface area (Å²) in [5, 5.41) is 3.88. The Labute approximate surface area is 190 Å². The van der Waals surface area contributed by atoms with Crippen LogP contribution < -0.4 is 0 Å². The lowest BCUT2D eigenvalue weighted by atomic mass is 10.0. The fourth-order valence-corrected chi connectivity index (χ4v) is 3.98. The first-order chi connectivity index (χ1) is 15.6. The summed E-state index contributed by atoms with van der Waals surface area (Å²) in [6, 6.07) is 10.4. The van der Waals surface area contributed by atoms with E-state index in [1.165, 1.54) is 12.1 Å². The number of nitrogens with zero attached hydrogens (tertiary/aromatic N) is 4. The molecule has 1 aromatic heterocycles. The van der Waals surface area contributed by atoms with Gasteiger partial charge in [0.25, 0.3) is 5.91 Å². The molecule has 1 aliphatic rings. The highest BCUT2D eigenvalue weighted by molar-refractivity contribution is 5.96. The summed E-state index contributed by atoms with van der Waals surface area (Å²) < 4.78 is 44.4. The molecule has 6 nitrogen and oxygen atoms in total. The third kappa shape index (κ3) is 4.78. The first-order valence-corrected chi connectivity index (χ1v) is 10.8. The summed E-state index contributed by atoms with van der Waals surface area (Å²) in [5.74, 6) is 0.469. The van der Waals surface area contributed by atoms with Crippen molar-refractivity contribution in [2.45, 2.75) is 33.0 Å². The lowest BCUT2D eigenvalue weighted by molar-refractivity contribution is -0.137. The Bertz CT molecular complexity index is 1150. The van der Waals surface area contributed by atoms with E-state index >= 15 is 0 Å². The molecular formula is C24H25F3N4O2. The van der Waals surface area contributed by atoms with Crippen molar-refractivity contribution in [3.63, 3.8) is 0 Å². The number of aryl methyl sites for hydroxylation is 1. The molecule has 2 heterocycles. The fraction of sp³-hybridized carbons (Fsp3) is 0.375. The Morgan fingerprint density at radius 3 is 2.45 bits per heavy atom. The van der Waals surface area contributed by atoms with Gasteiger partial charge in [-0.05, 0) is 50.1 Å². The molecule has 1 amide bonds. The molecule has 1 aliphatic heterocycles. The van der Waals surface area contributed by atoms with Gasteiger partial charge < -0.3 is 9.42 Å². The molecule has 0 N–H and O–H groups in total. The van der Waals surface area contributed by atoms with E-state index in [9.17, 15) is 18.0 Å². The van der Waals surface area contributed by atoms with Crippen LogP contribution in [0.5, 0.6) is 0 Å². The van der Waals surface area contributed by atoms with Crippen molar-refractivity contribution >= 4 is 5.91 Å². The Hall–Kier alpha value is -3.20. The highest BCUT2D eigenvalue weighted by Gasteiger charge is 2.32. The van der Waals surface area contributed by atoms with Crippen LogP contribution in [0.2, 0.25) is 0 Å². The second-order valence-electron chi connectivity index (χ2n) is 8.29. The predicted molar refractivity (Wildman–Crippen MR) is 117 cm³/mol. The molecule has 3 aromatic rings. The molecule has 0 aliphatic carbocycles. The molecule has 2 aromatic carbocycles. The van der Waals surface area contributed by atoms with Gasteiger partial charge in [-0.2, -0.15) is 18.2 Å². The Morgan fingerprint density at radius 2 is 1.76 bits per heavy atom. The zero-order valence-corrected chi connectivity index (χ0v) is 18.7. The van der Waals surface area contributed by atoms with E-state index in [0.29, 0.717) is 32.1 Å². The van der Waals surface area contributed by atoms with Gasteiger partial charge in [-0.25, -0.2) is 0 Å². The standard InChI is InChI=1S/C24H25F3N4O2/c1-15-6-4-9-20(16(15)2)23(32)31-12-10-30(11-13-31)17(3)22-28-21(29-33-22)18-7-5-8-19(14-18)24(25,26)27/h4-9,14,17H,10-13H2,1-3H3. The maximum absolute atomic E-state index is 13.0. The zero-order valence-electron chi connectivity index (χ0n) is 18.7.